The van der Waals surface area contributed by atoms with Gasteiger partial charge in [-0.2, -0.15) is 0 Å². The van der Waals surface area contributed by atoms with Gasteiger partial charge < -0.3 is 10.4 Å². The second-order valence-corrected chi connectivity index (χ2v) is 9.49. The number of hydrogen-bond donors (Lipinski definition) is 2. The lowest BCUT2D eigenvalue weighted by Gasteiger charge is -2.24. The zero-order valence-corrected chi connectivity index (χ0v) is 17.1. The minimum Gasteiger partial charge on any atom is -0.506 e. The number of rotatable bonds is 5. The van der Waals surface area contributed by atoms with E-state index in [0.717, 1.165) is 21.7 Å². The summed E-state index contributed by atoms with van der Waals surface area (Å²) in [6, 6.07) is 12.0. The van der Waals surface area contributed by atoms with Gasteiger partial charge in [-0.15, -0.1) is 0 Å². The normalized spacial score (nSPS) is 11.9. The number of carbonyl (C=O) groups is 1. The molecule has 6 nitrogen and oxygen atoms in total. The van der Waals surface area contributed by atoms with Gasteiger partial charge in [0.15, 0.2) is 0 Å². The Morgan fingerprint density at radius 1 is 1.15 bits per heavy atom. The Kier molecular flexibility index (Phi) is 5.85. The molecule has 146 valence electrons. The summed E-state index contributed by atoms with van der Waals surface area (Å²) >= 11 is 0. The third kappa shape index (κ3) is 5.23. The summed E-state index contributed by atoms with van der Waals surface area (Å²) in [6.07, 6.45) is 1.06. The lowest BCUT2D eigenvalue weighted by molar-refractivity contribution is -0.114. The van der Waals surface area contributed by atoms with Gasteiger partial charge in [-0.25, -0.2) is 8.42 Å². The van der Waals surface area contributed by atoms with E-state index in [0.29, 0.717) is 5.69 Å². The summed E-state index contributed by atoms with van der Waals surface area (Å²) in [5, 5.41) is 12.7. The van der Waals surface area contributed by atoms with E-state index in [-0.39, 0.29) is 23.4 Å². The van der Waals surface area contributed by atoms with E-state index in [1.807, 2.05) is 20.8 Å². The van der Waals surface area contributed by atoms with Crippen LogP contribution in [0.15, 0.2) is 42.5 Å². The average Bonchev–Trinajstić information content (AvgIpc) is 2.53. The molecule has 7 heteroatoms. The molecule has 0 unspecified atom stereocenters. The van der Waals surface area contributed by atoms with Gasteiger partial charge in [-0.3, -0.25) is 9.10 Å². The summed E-state index contributed by atoms with van der Waals surface area (Å²) in [5.74, 6) is -0.608. The van der Waals surface area contributed by atoms with E-state index in [1.54, 1.807) is 43.3 Å². The molecule has 0 aliphatic carbocycles. The summed E-state index contributed by atoms with van der Waals surface area (Å²) < 4.78 is 25.5. The Balaban J connectivity index is 2.29. The topological polar surface area (TPSA) is 86.7 Å². The predicted molar refractivity (Wildman–Crippen MR) is 109 cm³/mol. The maximum Gasteiger partial charge on any atom is 0.245 e. The maximum absolute atomic E-state index is 12.5. The summed E-state index contributed by atoms with van der Waals surface area (Å²) in [7, 11) is -3.66. The number of anilines is 2. The van der Waals surface area contributed by atoms with E-state index < -0.39 is 15.9 Å². The fraction of sp³-hybridized carbons (Fsp3) is 0.350. The average molecular weight is 391 g/mol. The molecule has 0 radical (unpaired) electrons. The summed E-state index contributed by atoms with van der Waals surface area (Å²) in [4.78, 5) is 12.5. The van der Waals surface area contributed by atoms with Gasteiger partial charge in [0.1, 0.15) is 12.3 Å². The van der Waals surface area contributed by atoms with Crippen molar-refractivity contribution in [2.24, 2.45) is 0 Å². The zero-order valence-electron chi connectivity index (χ0n) is 16.3. The Morgan fingerprint density at radius 2 is 1.78 bits per heavy atom. The van der Waals surface area contributed by atoms with Gasteiger partial charge in [0.2, 0.25) is 15.9 Å². The van der Waals surface area contributed by atoms with Crippen LogP contribution >= 0.6 is 0 Å². The number of para-hydroxylation sites is 1. The molecule has 0 saturated heterocycles. The van der Waals surface area contributed by atoms with Gasteiger partial charge in [0.05, 0.1) is 17.6 Å². The first-order valence-corrected chi connectivity index (χ1v) is 10.4. The quantitative estimate of drug-likeness (QED) is 0.766. The van der Waals surface area contributed by atoms with Crippen molar-refractivity contribution >= 4 is 27.3 Å². The number of nitrogens with zero attached hydrogens (tertiary/aromatic N) is 1. The van der Waals surface area contributed by atoms with Crippen molar-refractivity contribution in [3.05, 3.63) is 53.6 Å². The molecule has 2 aromatic carbocycles. The van der Waals surface area contributed by atoms with E-state index in [9.17, 15) is 18.3 Å². The van der Waals surface area contributed by atoms with Gasteiger partial charge in [-0.1, -0.05) is 45.0 Å². The number of sulfonamides is 1. The third-order valence-corrected chi connectivity index (χ3v) is 5.33. The molecule has 2 N–H and O–H groups in total. The summed E-state index contributed by atoms with van der Waals surface area (Å²) in [5.41, 5.74) is 2.23. The minimum absolute atomic E-state index is 0.0712. The van der Waals surface area contributed by atoms with E-state index in [4.69, 9.17) is 0 Å². The van der Waals surface area contributed by atoms with Crippen LogP contribution in [-0.4, -0.2) is 32.2 Å². The van der Waals surface area contributed by atoms with E-state index in [2.05, 4.69) is 5.32 Å². The fourth-order valence-electron chi connectivity index (χ4n) is 2.65. The lowest BCUT2D eigenvalue weighted by Crippen LogP contribution is -2.37. The van der Waals surface area contributed by atoms with Crippen LogP contribution in [-0.2, 0) is 20.2 Å². The highest BCUT2D eigenvalue weighted by atomic mass is 32.2. The smallest absolute Gasteiger partial charge is 0.245 e. The monoisotopic (exact) mass is 390 g/mol. The first-order valence-electron chi connectivity index (χ1n) is 8.56. The fourth-order valence-corrected chi connectivity index (χ4v) is 3.56. The zero-order chi connectivity index (χ0) is 20.4. The number of nitrogens with one attached hydrogen (secondary N) is 1. The van der Waals surface area contributed by atoms with Gasteiger partial charge in [0.25, 0.3) is 0 Å². The molecule has 0 aromatic heterocycles. The molecule has 0 aliphatic heterocycles. The molecule has 0 heterocycles. The number of aryl methyl sites for hydroxylation is 1. The molecule has 2 rings (SSSR count). The van der Waals surface area contributed by atoms with Crippen LogP contribution < -0.4 is 9.62 Å². The van der Waals surface area contributed by atoms with Gasteiger partial charge >= 0.3 is 0 Å². The second-order valence-electron chi connectivity index (χ2n) is 7.59. The molecule has 0 spiro atoms. The van der Waals surface area contributed by atoms with Crippen molar-refractivity contribution in [1.29, 1.82) is 0 Å². The van der Waals surface area contributed by atoms with Crippen molar-refractivity contribution in [3.63, 3.8) is 0 Å². The second kappa shape index (κ2) is 7.60. The minimum atomic E-state index is -3.66. The molecular weight excluding hydrogens is 364 g/mol. The Labute approximate surface area is 160 Å². The van der Waals surface area contributed by atoms with Crippen molar-refractivity contribution in [2.45, 2.75) is 33.1 Å². The molecule has 0 bridgehead atoms. The predicted octanol–water partition coefficient (Wildman–Crippen LogP) is 3.40. The van der Waals surface area contributed by atoms with Crippen LogP contribution in [0.5, 0.6) is 5.75 Å². The number of amides is 1. The number of benzene rings is 2. The molecule has 0 aliphatic rings. The third-order valence-electron chi connectivity index (χ3n) is 4.21. The number of phenolic OH excluding ortho intramolecular Hbond substituents is 1. The lowest BCUT2D eigenvalue weighted by atomic mass is 9.87. The Bertz CT molecular complexity index is 947. The van der Waals surface area contributed by atoms with Crippen LogP contribution in [0, 0.1) is 6.92 Å². The molecular formula is C20H26N2O4S. The number of aromatic hydroxyl groups is 1. The van der Waals surface area contributed by atoms with E-state index >= 15 is 0 Å². The van der Waals surface area contributed by atoms with Crippen LogP contribution in [0.1, 0.15) is 31.9 Å². The van der Waals surface area contributed by atoms with Crippen LogP contribution in [0.3, 0.4) is 0 Å². The summed E-state index contributed by atoms with van der Waals surface area (Å²) in [6.45, 7) is 7.46. The van der Waals surface area contributed by atoms with Crippen molar-refractivity contribution in [1.82, 2.24) is 0 Å². The maximum atomic E-state index is 12.5. The largest absolute Gasteiger partial charge is 0.506 e. The highest BCUT2D eigenvalue weighted by Crippen LogP contribution is 2.31. The van der Waals surface area contributed by atoms with Crippen LogP contribution in [0.2, 0.25) is 0 Å². The molecule has 0 fully saturated rings. The highest BCUT2D eigenvalue weighted by Gasteiger charge is 2.23. The Morgan fingerprint density at radius 3 is 2.33 bits per heavy atom. The number of hydrogen-bond acceptors (Lipinski definition) is 4. The first kappa shape index (κ1) is 20.8. The van der Waals surface area contributed by atoms with Crippen molar-refractivity contribution in [3.8, 4) is 5.75 Å². The highest BCUT2D eigenvalue weighted by molar-refractivity contribution is 7.92. The van der Waals surface area contributed by atoms with Crippen molar-refractivity contribution < 1.29 is 18.3 Å². The van der Waals surface area contributed by atoms with Gasteiger partial charge in [0, 0.05) is 0 Å². The van der Waals surface area contributed by atoms with Gasteiger partial charge in [-0.05, 0) is 41.7 Å². The number of carbonyl (C=O) groups excluding carboxylic acids is 1. The molecule has 2 aromatic rings. The van der Waals surface area contributed by atoms with Crippen molar-refractivity contribution in [2.75, 3.05) is 22.4 Å². The van der Waals surface area contributed by atoms with E-state index in [1.165, 1.54) is 6.07 Å². The SMILES string of the molecule is Cc1ccccc1N(CC(=O)Nc1cc(C(C)(C)C)ccc1O)S(C)(=O)=O. The first-order chi connectivity index (χ1) is 12.4. The standard InChI is InChI=1S/C20H26N2O4S/c1-14-8-6-7-9-17(14)22(27(5,25)26)13-19(24)21-16-12-15(20(2,3)4)10-11-18(16)23/h6-12,23H,13H2,1-5H3,(H,21,24). The van der Waals surface area contributed by atoms with Crippen LogP contribution in [0.4, 0.5) is 11.4 Å². The Hall–Kier alpha value is -2.54. The molecule has 0 atom stereocenters. The molecule has 0 saturated carbocycles. The van der Waals surface area contributed by atoms with Crippen LogP contribution in [0.25, 0.3) is 0 Å². The molecule has 27 heavy (non-hydrogen) atoms. The number of phenols is 1. The molecule has 1 amide bonds.